The highest BCUT2D eigenvalue weighted by Crippen LogP contribution is 2.64. The molecule has 29 heavy (non-hydrogen) atoms. The second kappa shape index (κ2) is 6.96. The van der Waals surface area contributed by atoms with E-state index >= 15 is 0 Å². The minimum atomic E-state index is -1.12. The summed E-state index contributed by atoms with van der Waals surface area (Å²) in [6.07, 6.45) is 0.314. The topological polar surface area (TPSA) is 66.8 Å². The van der Waals surface area contributed by atoms with Crippen LogP contribution in [0.15, 0.2) is 24.3 Å². The van der Waals surface area contributed by atoms with Gasteiger partial charge in [-0.05, 0) is 39.0 Å². The van der Waals surface area contributed by atoms with Crippen molar-refractivity contribution >= 4 is 35.0 Å². The number of ether oxygens (including phenoxy) is 3. The van der Waals surface area contributed by atoms with Crippen molar-refractivity contribution in [2.75, 3.05) is 19.8 Å². The van der Waals surface area contributed by atoms with Gasteiger partial charge in [0.25, 0.3) is 0 Å². The van der Waals surface area contributed by atoms with Crippen LogP contribution in [0.2, 0.25) is 0 Å². The first-order valence-corrected chi connectivity index (χ1v) is 10.1. The monoisotopic (exact) mass is 437 g/mol. The van der Waals surface area contributed by atoms with Crippen molar-refractivity contribution in [3.63, 3.8) is 0 Å². The zero-order valence-electron chi connectivity index (χ0n) is 16.4. The summed E-state index contributed by atoms with van der Waals surface area (Å²) in [4.78, 5) is 24.9. The summed E-state index contributed by atoms with van der Waals surface area (Å²) in [7, 11) is 0. The first-order valence-electron chi connectivity index (χ1n) is 9.31. The first-order chi connectivity index (χ1) is 13.6. The predicted octanol–water partition coefficient (Wildman–Crippen LogP) is 4.18. The summed E-state index contributed by atoms with van der Waals surface area (Å²) in [5.41, 5.74) is 2.03. The molecule has 2 heterocycles. The highest BCUT2D eigenvalue weighted by molar-refractivity contribution is 6.53. The highest BCUT2D eigenvalue weighted by Gasteiger charge is 2.69. The molecule has 8 heteroatoms. The molecule has 1 saturated carbocycles. The van der Waals surface area contributed by atoms with Crippen molar-refractivity contribution in [3.8, 4) is 17.2 Å². The Bertz CT molecular complexity index is 1010. The number of alkyl halides is 2. The number of carbonyl (C=O) groups is 2. The molecule has 0 amide bonds. The number of Topliss-reactive ketones (excluding diaryl/α,β-unsaturated/α-hetero) is 1. The maximum absolute atomic E-state index is 12.7. The number of carbonyl (C=O) groups excluding carboxylic acids is 2. The lowest BCUT2D eigenvalue weighted by Crippen LogP contribution is -2.24. The molecule has 0 bridgehead atoms. The van der Waals surface area contributed by atoms with Crippen LogP contribution in [-0.2, 0) is 9.53 Å². The number of hydrogen-bond donors (Lipinski definition) is 0. The molecule has 2 aromatic rings. The van der Waals surface area contributed by atoms with Crippen LogP contribution < -0.4 is 9.47 Å². The average molecular weight is 438 g/mol. The Morgan fingerprint density at radius 3 is 2.45 bits per heavy atom. The van der Waals surface area contributed by atoms with E-state index in [1.165, 1.54) is 0 Å². The van der Waals surface area contributed by atoms with Gasteiger partial charge in [-0.25, -0.2) is 0 Å². The van der Waals surface area contributed by atoms with Gasteiger partial charge in [0.15, 0.2) is 18.1 Å². The number of benzene rings is 1. The Balaban J connectivity index is 1.53. The van der Waals surface area contributed by atoms with Crippen molar-refractivity contribution in [2.45, 2.75) is 31.5 Å². The van der Waals surface area contributed by atoms with E-state index in [2.05, 4.69) is 0 Å². The van der Waals surface area contributed by atoms with Gasteiger partial charge in [-0.2, -0.15) is 0 Å². The zero-order valence-corrected chi connectivity index (χ0v) is 17.9. The number of aryl methyl sites for hydroxylation is 1. The number of ketones is 1. The molecule has 1 aliphatic heterocycles. The van der Waals surface area contributed by atoms with Crippen molar-refractivity contribution in [2.24, 2.45) is 5.41 Å². The lowest BCUT2D eigenvalue weighted by molar-refractivity contribution is -0.148. The largest absolute Gasteiger partial charge is 0.486 e. The smallest absolute Gasteiger partial charge is 0.315 e. The first kappa shape index (κ1) is 20.1. The Kier molecular flexibility index (Phi) is 4.82. The average Bonchev–Trinajstić information content (AvgIpc) is 3.06. The van der Waals surface area contributed by atoms with Gasteiger partial charge in [0.05, 0.1) is 0 Å². The predicted molar refractivity (Wildman–Crippen MR) is 109 cm³/mol. The van der Waals surface area contributed by atoms with Crippen molar-refractivity contribution in [1.29, 1.82) is 0 Å². The molecule has 4 rings (SSSR count). The van der Waals surface area contributed by atoms with Crippen molar-refractivity contribution < 1.29 is 23.8 Å². The number of hydrogen-bond acceptors (Lipinski definition) is 5. The van der Waals surface area contributed by atoms with Crippen LogP contribution in [0, 0.1) is 19.3 Å². The number of halogens is 2. The van der Waals surface area contributed by atoms with E-state index in [1.807, 2.05) is 36.6 Å². The Morgan fingerprint density at radius 1 is 1.14 bits per heavy atom. The van der Waals surface area contributed by atoms with Gasteiger partial charge in [-0.15, -0.1) is 23.2 Å². The fourth-order valence-corrected chi connectivity index (χ4v) is 4.29. The minimum absolute atomic E-state index is 0.283. The van der Waals surface area contributed by atoms with Crippen LogP contribution in [-0.4, -0.2) is 40.5 Å². The van der Waals surface area contributed by atoms with Crippen LogP contribution in [0.1, 0.15) is 35.1 Å². The lowest BCUT2D eigenvalue weighted by atomic mass is 10.1. The standard InChI is InChI=1S/C21H21Cl2NO5/c1-12-8-15(16(25)10-29-19(26)20(3)11-21(20,22)23)13(2)24(12)14-4-5-17-18(9-14)28-7-6-27-17/h4-5,8-9H,6-7,10-11H2,1-3H3/t20-/m0/s1. The molecule has 1 aromatic heterocycles. The number of esters is 1. The van der Waals surface area contributed by atoms with Gasteiger partial charge < -0.3 is 18.8 Å². The number of nitrogens with zero attached hydrogens (tertiary/aromatic N) is 1. The van der Waals surface area contributed by atoms with E-state index < -0.39 is 15.7 Å². The molecule has 0 N–H and O–H groups in total. The molecule has 0 spiro atoms. The maximum Gasteiger partial charge on any atom is 0.315 e. The molecule has 1 fully saturated rings. The molecule has 0 unspecified atom stereocenters. The van der Waals surface area contributed by atoms with Crippen LogP contribution in [0.25, 0.3) is 5.69 Å². The quantitative estimate of drug-likeness (QED) is 0.398. The molecule has 0 saturated heterocycles. The fourth-order valence-electron chi connectivity index (χ4n) is 3.60. The molecule has 1 atom stereocenters. The van der Waals surface area contributed by atoms with Crippen LogP contribution in [0.3, 0.4) is 0 Å². The molecule has 2 aliphatic rings. The number of fused-ring (bicyclic) bond motifs is 1. The molecule has 0 radical (unpaired) electrons. The minimum Gasteiger partial charge on any atom is -0.486 e. The Morgan fingerprint density at radius 2 is 1.79 bits per heavy atom. The third kappa shape index (κ3) is 3.38. The Labute approximate surface area is 178 Å². The van der Waals surface area contributed by atoms with E-state index in [-0.39, 0.29) is 12.4 Å². The molecule has 1 aliphatic carbocycles. The maximum atomic E-state index is 12.7. The van der Waals surface area contributed by atoms with Gasteiger partial charge in [-0.3, -0.25) is 9.59 Å². The van der Waals surface area contributed by atoms with Crippen LogP contribution in [0.4, 0.5) is 0 Å². The SMILES string of the molecule is Cc1cc(C(=O)COC(=O)[C@]2(C)CC2(Cl)Cl)c(C)n1-c1ccc2c(c1)OCCO2. The summed E-state index contributed by atoms with van der Waals surface area (Å²) in [5.74, 6) is 0.533. The van der Waals surface area contributed by atoms with Crippen molar-refractivity contribution in [3.05, 3.63) is 41.2 Å². The molecule has 154 valence electrons. The lowest BCUT2D eigenvalue weighted by Gasteiger charge is -2.20. The van der Waals surface area contributed by atoms with Gasteiger partial charge in [-0.1, -0.05) is 0 Å². The van der Waals surface area contributed by atoms with Crippen molar-refractivity contribution in [1.82, 2.24) is 4.57 Å². The summed E-state index contributed by atoms with van der Waals surface area (Å²) in [6, 6.07) is 7.44. The third-order valence-corrected chi connectivity index (χ3v) is 6.66. The normalized spacial score (nSPS) is 21.6. The van der Waals surface area contributed by atoms with E-state index in [9.17, 15) is 9.59 Å². The second-order valence-corrected chi connectivity index (χ2v) is 9.14. The summed E-state index contributed by atoms with van der Waals surface area (Å²) in [6.45, 7) is 6.06. The van der Waals surface area contributed by atoms with Gasteiger partial charge in [0.1, 0.15) is 23.0 Å². The van der Waals surface area contributed by atoms with Gasteiger partial charge in [0.2, 0.25) is 5.78 Å². The molecule has 6 nitrogen and oxygen atoms in total. The summed E-state index contributed by atoms with van der Waals surface area (Å²) < 4.78 is 17.3. The highest BCUT2D eigenvalue weighted by atomic mass is 35.5. The van der Waals surface area contributed by atoms with E-state index in [0.29, 0.717) is 36.7 Å². The third-order valence-electron chi connectivity index (χ3n) is 5.56. The zero-order chi connectivity index (χ0) is 21.0. The molecular formula is C21H21Cl2NO5. The fraction of sp³-hybridized carbons (Fsp3) is 0.429. The van der Waals surface area contributed by atoms with E-state index in [4.69, 9.17) is 37.4 Å². The van der Waals surface area contributed by atoms with Crippen LogP contribution >= 0.6 is 23.2 Å². The molecular weight excluding hydrogens is 417 g/mol. The Hall–Kier alpha value is -2.18. The van der Waals surface area contributed by atoms with E-state index in [0.717, 1.165) is 17.1 Å². The second-order valence-electron chi connectivity index (χ2n) is 7.66. The molecule has 1 aromatic carbocycles. The van der Waals surface area contributed by atoms with Gasteiger partial charge in [0, 0.05) is 35.1 Å². The van der Waals surface area contributed by atoms with Crippen LogP contribution in [0.5, 0.6) is 11.5 Å². The van der Waals surface area contributed by atoms with E-state index in [1.54, 1.807) is 13.0 Å². The number of rotatable bonds is 5. The number of aromatic nitrogens is 1. The summed E-state index contributed by atoms with van der Waals surface area (Å²) in [5, 5.41) is 0. The van der Waals surface area contributed by atoms with Gasteiger partial charge >= 0.3 is 5.97 Å². The summed E-state index contributed by atoms with van der Waals surface area (Å²) >= 11 is 12.0.